The van der Waals surface area contributed by atoms with E-state index in [1.165, 1.54) is 0 Å². The first kappa shape index (κ1) is 13.7. The Balaban J connectivity index is 1.96. The Bertz CT molecular complexity index is 820. The van der Waals surface area contributed by atoms with Gasteiger partial charge in [-0.1, -0.05) is 17.7 Å². The Labute approximate surface area is 126 Å². The molecule has 0 atom stereocenters. The molecule has 2 heterocycles. The minimum atomic E-state index is -0.431. The van der Waals surface area contributed by atoms with Crippen molar-refractivity contribution in [3.8, 4) is 0 Å². The molecule has 6 heteroatoms. The molecule has 0 saturated heterocycles. The molecule has 0 aliphatic carbocycles. The van der Waals surface area contributed by atoms with Gasteiger partial charge in [-0.15, -0.1) is 0 Å². The summed E-state index contributed by atoms with van der Waals surface area (Å²) in [5, 5.41) is 1.70. The third kappa shape index (κ3) is 2.41. The number of amides is 1. The maximum Gasteiger partial charge on any atom is 0.301 e. The van der Waals surface area contributed by atoms with Crippen molar-refractivity contribution in [1.29, 1.82) is 0 Å². The van der Waals surface area contributed by atoms with E-state index in [0.29, 0.717) is 17.3 Å². The quantitative estimate of drug-likeness (QED) is 0.444. The van der Waals surface area contributed by atoms with Crippen LogP contribution in [0, 0.1) is 6.92 Å². The number of carbonyl (C=O) groups excluding carboxylic acids is 1. The van der Waals surface area contributed by atoms with E-state index in [0.717, 1.165) is 16.5 Å². The first-order valence-corrected chi connectivity index (χ1v) is 6.81. The Morgan fingerprint density at radius 3 is 3.00 bits per heavy atom. The fourth-order valence-corrected chi connectivity index (χ4v) is 2.64. The molecular formula is C15H14ClN3O2. The minimum Gasteiger partial charge on any atom is -0.454 e. The van der Waals surface area contributed by atoms with Gasteiger partial charge in [-0.25, -0.2) is 5.84 Å². The van der Waals surface area contributed by atoms with E-state index in [-0.39, 0.29) is 5.76 Å². The van der Waals surface area contributed by atoms with Crippen LogP contribution >= 0.6 is 11.6 Å². The number of rotatable bonds is 3. The van der Waals surface area contributed by atoms with Crippen LogP contribution in [0.2, 0.25) is 5.02 Å². The molecule has 3 aromatic rings. The lowest BCUT2D eigenvalue weighted by molar-refractivity contribution is 0.0923. The number of halogens is 1. The average molecular weight is 304 g/mol. The predicted octanol–water partition coefficient (Wildman–Crippen LogP) is 2.85. The second-order valence-electron chi connectivity index (χ2n) is 4.81. The van der Waals surface area contributed by atoms with Gasteiger partial charge in [-0.3, -0.25) is 10.2 Å². The Morgan fingerprint density at radius 1 is 1.43 bits per heavy atom. The number of aryl methyl sites for hydroxylation is 1. The zero-order chi connectivity index (χ0) is 15.0. The maximum absolute atomic E-state index is 11.6. The second kappa shape index (κ2) is 5.27. The van der Waals surface area contributed by atoms with Gasteiger partial charge < -0.3 is 8.98 Å². The van der Waals surface area contributed by atoms with Crippen molar-refractivity contribution in [3.63, 3.8) is 0 Å². The molecule has 1 amide bonds. The summed E-state index contributed by atoms with van der Waals surface area (Å²) in [7, 11) is 0. The number of nitrogens with one attached hydrogen (secondary N) is 1. The van der Waals surface area contributed by atoms with Gasteiger partial charge in [-0.2, -0.15) is 0 Å². The summed E-state index contributed by atoms with van der Waals surface area (Å²) in [5.74, 6) is 5.62. The van der Waals surface area contributed by atoms with Crippen LogP contribution in [-0.4, -0.2) is 10.5 Å². The molecule has 0 fully saturated rings. The van der Waals surface area contributed by atoms with E-state index in [1.54, 1.807) is 0 Å². The molecule has 3 rings (SSSR count). The molecule has 0 radical (unpaired) electrons. The Hall–Kier alpha value is -2.24. The van der Waals surface area contributed by atoms with Gasteiger partial charge in [-0.05, 0) is 31.2 Å². The Kier molecular flexibility index (Phi) is 3.45. The zero-order valence-corrected chi connectivity index (χ0v) is 12.1. The van der Waals surface area contributed by atoms with Crippen LogP contribution in [0.3, 0.4) is 0 Å². The normalized spacial score (nSPS) is 11.0. The number of nitrogens with zero attached hydrogens (tertiary/aromatic N) is 1. The summed E-state index contributed by atoms with van der Waals surface area (Å²) in [6, 6.07) is 9.54. The van der Waals surface area contributed by atoms with Crippen molar-refractivity contribution in [2.24, 2.45) is 5.84 Å². The van der Waals surface area contributed by atoms with Crippen molar-refractivity contribution in [2.75, 3.05) is 0 Å². The Morgan fingerprint density at radius 2 is 2.24 bits per heavy atom. The number of hydrogen-bond acceptors (Lipinski definition) is 3. The van der Waals surface area contributed by atoms with E-state index >= 15 is 0 Å². The van der Waals surface area contributed by atoms with Gasteiger partial charge in [0.05, 0.1) is 6.54 Å². The van der Waals surface area contributed by atoms with E-state index in [9.17, 15) is 4.79 Å². The minimum absolute atomic E-state index is 0.238. The molecule has 3 N–H and O–H groups in total. The van der Waals surface area contributed by atoms with Gasteiger partial charge in [0, 0.05) is 27.7 Å². The van der Waals surface area contributed by atoms with Crippen LogP contribution in [0.5, 0.6) is 0 Å². The average Bonchev–Trinajstić information content (AvgIpc) is 3.04. The molecule has 108 valence electrons. The lowest BCUT2D eigenvalue weighted by Gasteiger charge is -2.03. The van der Waals surface area contributed by atoms with Gasteiger partial charge in [0.15, 0.2) is 5.76 Å². The first-order valence-electron chi connectivity index (χ1n) is 6.43. The molecule has 0 bridgehead atoms. The molecule has 2 aromatic heterocycles. The van der Waals surface area contributed by atoms with Crippen LogP contribution in [0.1, 0.15) is 21.9 Å². The summed E-state index contributed by atoms with van der Waals surface area (Å²) in [6.07, 6.45) is 1.94. The van der Waals surface area contributed by atoms with Crippen molar-refractivity contribution in [1.82, 2.24) is 9.99 Å². The molecule has 0 aliphatic heterocycles. The van der Waals surface area contributed by atoms with Gasteiger partial charge in [0.25, 0.3) is 0 Å². The van der Waals surface area contributed by atoms with E-state index < -0.39 is 5.91 Å². The summed E-state index contributed by atoms with van der Waals surface area (Å²) in [6.45, 7) is 2.32. The fourth-order valence-electron chi connectivity index (χ4n) is 2.41. The number of nitrogens with two attached hydrogens (primary N) is 1. The molecule has 5 nitrogen and oxygen atoms in total. The number of hydrazine groups is 1. The number of fused-ring (bicyclic) bond motifs is 1. The molecule has 0 unspecified atom stereocenters. The van der Waals surface area contributed by atoms with Gasteiger partial charge >= 0.3 is 5.91 Å². The number of carbonyl (C=O) groups is 1. The third-order valence-corrected chi connectivity index (χ3v) is 3.72. The van der Waals surface area contributed by atoms with Gasteiger partial charge in [0.2, 0.25) is 0 Å². The maximum atomic E-state index is 11.6. The highest BCUT2D eigenvalue weighted by atomic mass is 35.5. The van der Waals surface area contributed by atoms with Crippen molar-refractivity contribution in [2.45, 2.75) is 13.5 Å². The highest BCUT2D eigenvalue weighted by molar-refractivity contribution is 6.35. The second-order valence-corrected chi connectivity index (χ2v) is 5.22. The summed E-state index contributed by atoms with van der Waals surface area (Å²) < 4.78 is 7.59. The van der Waals surface area contributed by atoms with Gasteiger partial charge in [0.1, 0.15) is 5.76 Å². The molecule has 0 saturated carbocycles. The highest BCUT2D eigenvalue weighted by Gasteiger charge is 2.15. The van der Waals surface area contributed by atoms with Crippen LogP contribution < -0.4 is 11.3 Å². The van der Waals surface area contributed by atoms with Crippen molar-refractivity contribution < 1.29 is 9.21 Å². The van der Waals surface area contributed by atoms with Crippen LogP contribution in [0.25, 0.3) is 10.9 Å². The highest BCUT2D eigenvalue weighted by Crippen LogP contribution is 2.25. The van der Waals surface area contributed by atoms with Crippen molar-refractivity contribution >= 4 is 28.4 Å². The van der Waals surface area contributed by atoms with Crippen LogP contribution in [0.15, 0.2) is 40.9 Å². The lowest BCUT2D eigenvalue weighted by atomic mass is 10.2. The van der Waals surface area contributed by atoms with Crippen molar-refractivity contribution in [3.05, 3.63) is 58.6 Å². The number of hydrogen-bond donors (Lipinski definition) is 2. The van der Waals surface area contributed by atoms with E-state index in [1.807, 2.05) is 48.0 Å². The topological polar surface area (TPSA) is 73.2 Å². The molecule has 0 spiro atoms. The first-order chi connectivity index (χ1) is 10.1. The summed E-state index contributed by atoms with van der Waals surface area (Å²) in [4.78, 5) is 11.6. The zero-order valence-electron chi connectivity index (χ0n) is 11.4. The SMILES string of the molecule is Cc1cc(Cn2ccc3c(Cl)cccc32)oc1C(=O)NN. The van der Waals surface area contributed by atoms with E-state index in [4.69, 9.17) is 21.9 Å². The number of aromatic nitrogens is 1. The molecule has 21 heavy (non-hydrogen) atoms. The predicted molar refractivity (Wildman–Crippen MR) is 81.1 cm³/mol. The molecule has 0 aliphatic rings. The summed E-state index contributed by atoms with van der Waals surface area (Å²) >= 11 is 6.16. The number of furan rings is 1. The standard InChI is InChI=1S/C15H14ClN3O2/c1-9-7-10(21-14(9)15(20)18-17)8-19-6-5-11-12(16)3-2-4-13(11)19/h2-7H,8,17H2,1H3,(H,18,20). The fraction of sp³-hybridized carbons (Fsp3) is 0.133. The molecule has 1 aromatic carbocycles. The van der Waals surface area contributed by atoms with Crippen LogP contribution in [0.4, 0.5) is 0 Å². The lowest BCUT2D eigenvalue weighted by Crippen LogP contribution is -2.30. The van der Waals surface area contributed by atoms with E-state index in [2.05, 4.69) is 5.43 Å². The molecular weight excluding hydrogens is 290 g/mol. The van der Waals surface area contributed by atoms with Crippen LogP contribution in [-0.2, 0) is 6.54 Å². The third-order valence-electron chi connectivity index (χ3n) is 3.39. The summed E-state index contributed by atoms with van der Waals surface area (Å²) in [5.41, 5.74) is 3.84. The smallest absolute Gasteiger partial charge is 0.301 e. The monoisotopic (exact) mass is 303 g/mol. The number of benzene rings is 1. The number of nitrogen functional groups attached to an aromatic ring is 1. The largest absolute Gasteiger partial charge is 0.454 e.